The van der Waals surface area contributed by atoms with Gasteiger partial charge in [-0.3, -0.25) is 0 Å². The topological polar surface area (TPSA) is 49.8 Å². The number of halogens is 1. The average molecular weight is 274 g/mol. The van der Waals surface area contributed by atoms with Crippen LogP contribution in [0.1, 0.15) is 17.0 Å². The van der Waals surface area contributed by atoms with E-state index < -0.39 is 0 Å². The molecule has 0 spiro atoms. The lowest BCUT2D eigenvalue weighted by Crippen LogP contribution is -2.11. The SMILES string of the molecule is CNc1nc(C)nc(NCCc2cccc(F)c2)c1C. The first-order valence-electron chi connectivity index (χ1n) is 6.61. The Morgan fingerprint density at radius 1 is 1.15 bits per heavy atom. The molecule has 5 heteroatoms. The van der Waals surface area contributed by atoms with Crippen LogP contribution in [0.2, 0.25) is 0 Å². The van der Waals surface area contributed by atoms with Crippen molar-refractivity contribution >= 4 is 11.6 Å². The van der Waals surface area contributed by atoms with Gasteiger partial charge in [0.2, 0.25) is 0 Å². The first-order chi connectivity index (χ1) is 9.60. The van der Waals surface area contributed by atoms with Crippen LogP contribution in [-0.2, 0) is 6.42 Å². The predicted molar refractivity (Wildman–Crippen MR) is 79.6 cm³/mol. The molecule has 0 saturated heterocycles. The van der Waals surface area contributed by atoms with Gasteiger partial charge >= 0.3 is 0 Å². The van der Waals surface area contributed by atoms with Crippen LogP contribution in [-0.4, -0.2) is 23.6 Å². The number of aryl methyl sites for hydroxylation is 1. The highest BCUT2D eigenvalue weighted by Crippen LogP contribution is 2.19. The molecule has 0 bridgehead atoms. The molecule has 1 aromatic carbocycles. The van der Waals surface area contributed by atoms with Crippen LogP contribution in [0.15, 0.2) is 24.3 Å². The van der Waals surface area contributed by atoms with Gasteiger partial charge in [0.15, 0.2) is 0 Å². The van der Waals surface area contributed by atoms with Crippen LogP contribution in [0.5, 0.6) is 0 Å². The third kappa shape index (κ3) is 3.44. The van der Waals surface area contributed by atoms with Crippen molar-refractivity contribution in [2.24, 2.45) is 0 Å². The Morgan fingerprint density at radius 2 is 1.90 bits per heavy atom. The van der Waals surface area contributed by atoms with Gasteiger partial charge in [0.05, 0.1) is 0 Å². The maximum Gasteiger partial charge on any atom is 0.134 e. The standard InChI is InChI=1S/C15H19FN4/c1-10-14(17-3)19-11(2)20-15(10)18-8-7-12-5-4-6-13(16)9-12/h4-6,9H,7-8H2,1-3H3,(H2,17,18,19,20). The van der Waals surface area contributed by atoms with E-state index >= 15 is 0 Å². The van der Waals surface area contributed by atoms with Crippen LogP contribution in [0.3, 0.4) is 0 Å². The highest BCUT2D eigenvalue weighted by Gasteiger charge is 2.07. The van der Waals surface area contributed by atoms with Gasteiger partial charge in [-0.15, -0.1) is 0 Å². The molecule has 0 atom stereocenters. The second-order valence-corrected chi connectivity index (χ2v) is 4.65. The summed E-state index contributed by atoms with van der Waals surface area (Å²) in [4.78, 5) is 8.71. The Kier molecular flexibility index (Phi) is 4.50. The summed E-state index contributed by atoms with van der Waals surface area (Å²) in [5.74, 6) is 2.16. The molecule has 1 aromatic heterocycles. The third-order valence-corrected chi connectivity index (χ3v) is 3.09. The molecule has 20 heavy (non-hydrogen) atoms. The molecule has 0 amide bonds. The number of hydrogen-bond donors (Lipinski definition) is 2. The molecule has 0 aliphatic rings. The van der Waals surface area contributed by atoms with E-state index in [9.17, 15) is 4.39 Å². The number of nitrogens with zero attached hydrogens (tertiary/aromatic N) is 2. The Balaban J connectivity index is 2.02. The van der Waals surface area contributed by atoms with Gasteiger partial charge in [-0.2, -0.15) is 0 Å². The largest absolute Gasteiger partial charge is 0.373 e. The van der Waals surface area contributed by atoms with Crippen molar-refractivity contribution in [2.75, 3.05) is 24.2 Å². The van der Waals surface area contributed by atoms with Gasteiger partial charge < -0.3 is 10.6 Å². The summed E-state index contributed by atoms with van der Waals surface area (Å²) in [6.07, 6.45) is 0.745. The fourth-order valence-corrected chi connectivity index (χ4v) is 2.06. The molecule has 0 fully saturated rings. The molecule has 1 heterocycles. The lowest BCUT2D eigenvalue weighted by atomic mass is 10.1. The second-order valence-electron chi connectivity index (χ2n) is 4.65. The molecule has 0 radical (unpaired) electrons. The van der Waals surface area contributed by atoms with E-state index in [-0.39, 0.29) is 5.82 Å². The Labute approximate surface area is 118 Å². The summed E-state index contributed by atoms with van der Waals surface area (Å²) in [5.41, 5.74) is 1.95. The fraction of sp³-hybridized carbons (Fsp3) is 0.333. The van der Waals surface area contributed by atoms with Gasteiger partial charge in [-0.05, 0) is 38.0 Å². The van der Waals surface area contributed by atoms with Gasteiger partial charge in [0, 0.05) is 19.2 Å². The van der Waals surface area contributed by atoms with Crippen molar-refractivity contribution in [1.29, 1.82) is 0 Å². The first-order valence-corrected chi connectivity index (χ1v) is 6.61. The number of anilines is 2. The number of aromatic nitrogens is 2. The first kappa shape index (κ1) is 14.2. The molecular formula is C15H19FN4. The van der Waals surface area contributed by atoms with Crippen molar-refractivity contribution in [3.63, 3.8) is 0 Å². The molecule has 2 rings (SSSR count). The van der Waals surface area contributed by atoms with Crippen LogP contribution < -0.4 is 10.6 Å². The molecule has 2 N–H and O–H groups in total. The minimum absolute atomic E-state index is 0.200. The molecule has 0 unspecified atom stereocenters. The molecular weight excluding hydrogens is 255 g/mol. The van der Waals surface area contributed by atoms with E-state index in [1.807, 2.05) is 27.0 Å². The van der Waals surface area contributed by atoms with Gasteiger partial charge in [0.25, 0.3) is 0 Å². The predicted octanol–water partition coefficient (Wildman–Crippen LogP) is 2.93. The quantitative estimate of drug-likeness (QED) is 0.880. The lowest BCUT2D eigenvalue weighted by Gasteiger charge is -2.12. The Morgan fingerprint density at radius 3 is 2.60 bits per heavy atom. The van der Waals surface area contributed by atoms with Crippen molar-refractivity contribution < 1.29 is 4.39 Å². The van der Waals surface area contributed by atoms with E-state index in [2.05, 4.69) is 20.6 Å². The minimum Gasteiger partial charge on any atom is -0.373 e. The monoisotopic (exact) mass is 274 g/mol. The van der Waals surface area contributed by atoms with Crippen molar-refractivity contribution in [3.8, 4) is 0 Å². The second kappa shape index (κ2) is 6.32. The normalized spacial score (nSPS) is 10.4. The van der Waals surface area contributed by atoms with Crippen LogP contribution in [0.25, 0.3) is 0 Å². The van der Waals surface area contributed by atoms with Gasteiger partial charge in [-0.1, -0.05) is 12.1 Å². The number of nitrogens with one attached hydrogen (secondary N) is 2. The smallest absolute Gasteiger partial charge is 0.134 e. The van der Waals surface area contributed by atoms with Crippen molar-refractivity contribution in [2.45, 2.75) is 20.3 Å². The highest BCUT2D eigenvalue weighted by molar-refractivity contribution is 5.56. The van der Waals surface area contributed by atoms with E-state index in [1.165, 1.54) is 6.07 Å². The fourth-order valence-electron chi connectivity index (χ4n) is 2.06. The van der Waals surface area contributed by atoms with Gasteiger partial charge in [-0.25, -0.2) is 14.4 Å². The number of benzene rings is 1. The van der Waals surface area contributed by atoms with E-state index in [0.717, 1.165) is 29.2 Å². The molecule has 106 valence electrons. The molecule has 0 aliphatic carbocycles. The molecule has 0 saturated carbocycles. The zero-order valence-electron chi connectivity index (χ0n) is 12.0. The molecule has 2 aromatic rings. The van der Waals surface area contributed by atoms with Crippen LogP contribution in [0, 0.1) is 19.7 Å². The Bertz CT molecular complexity index is 598. The highest BCUT2D eigenvalue weighted by atomic mass is 19.1. The molecule has 4 nitrogen and oxygen atoms in total. The molecule has 0 aliphatic heterocycles. The van der Waals surface area contributed by atoms with Crippen LogP contribution in [0.4, 0.5) is 16.0 Å². The average Bonchev–Trinajstić information content (AvgIpc) is 2.42. The van der Waals surface area contributed by atoms with Crippen LogP contribution >= 0.6 is 0 Å². The van der Waals surface area contributed by atoms with E-state index in [1.54, 1.807) is 12.1 Å². The van der Waals surface area contributed by atoms with Gasteiger partial charge in [0.1, 0.15) is 23.3 Å². The maximum absolute atomic E-state index is 13.1. The minimum atomic E-state index is -0.200. The van der Waals surface area contributed by atoms with E-state index in [4.69, 9.17) is 0 Å². The number of rotatable bonds is 5. The van der Waals surface area contributed by atoms with Crippen molar-refractivity contribution in [3.05, 3.63) is 47.0 Å². The maximum atomic E-state index is 13.1. The third-order valence-electron chi connectivity index (χ3n) is 3.09. The summed E-state index contributed by atoms with van der Waals surface area (Å²) < 4.78 is 13.1. The summed E-state index contributed by atoms with van der Waals surface area (Å²) in [6.45, 7) is 4.53. The summed E-state index contributed by atoms with van der Waals surface area (Å²) >= 11 is 0. The summed E-state index contributed by atoms with van der Waals surface area (Å²) in [5, 5.41) is 6.33. The lowest BCUT2D eigenvalue weighted by molar-refractivity contribution is 0.625. The summed E-state index contributed by atoms with van der Waals surface area (Å²) in [7, 11) is 1.84. The number of hydrogen-bond acceptors (Lipinski definition) is 4. The summed E-state index contributed by atoms with van der Waals surface area (Å²) in [6, 6.07) is 6.65. The Hall–Kier alpha value is -2.17. The zero-order chi connectivity index (χ0) is 14.5. The van der Waals surface area contributed by atoms with Crippen molar-refractivity contribution in [1.82, 2.24) is 9.97 Å². The zero-order valence-corrected chi connectivity index (χ0v) is 12.0. The van der Waals surface area contributed by atoms with E-state index in [0.29, 0.717) is 12.4 Å².